The Morgan fingerprint density at radius 1 is 1.19 bits per heavy atom. The minimum atomic E-state index is -4.50. The molecule has 0 bridgehead atoms. The van der Waals surface area contributed by atoms with Crippen molar-refractivity contribution in [2.75, 3.05) is 12.4 Å². The molecular formula is C24H22ClF3N2O2. The first-order valence-corrected chi connectivity index (χ1v) is 10.7. The van der Waals surface area contributed by atoms with Crippen molar-refractivity contribution < 1.29 is 22.8 Å². The van der Waals surface area contributed by atoms with Crippen LogP contribution in [0.2, 0.25) is 5.02 Å². The minimum absolute atomic E-state index is 0.104. The van der Waals surface area contributed by atoms with Crippen molar-refractivity contribution in [1.29, 1.82) is 0 Å². The number of rotatable bonds is 3. The molecule has 0 aromatic heterocycles. The van der Waals surface area contributed by atoms with Crippen molar-refractivity contribution in [3.8, 4) is 0 Å². The van der Waals surface area contributed by atoms with Gasteiger partial charge in [-0.25, -0.2) is 0 Å². The molecule has 4 rings (SSSR count). The van der Waals surface area contributed by atoms with Crippen LogP contribution in [0.15, 0.2) is 54.1 Å². The SMILES string of the molecule is C[C@H](C(=O)Nc1ccc(Cl)cc1)C1=CC[C@@]2(CC1)c1ccc(C(F)(F)F)cc1C(=O)N2C. The van der Waals surface area contributed by atoms with Gasteiger partial charge in [0.15, 0.2) is 0 Å². The summed E-state index contributed by atoms with van der Waals surface area (Å²) in [5.41, 5.74) is 0.804. The molecule has 2 amide bonds. The first-order chi connectivity index (χ1) is 15.0. The number of amides is 2. The molecule has 2 aliphatic rings. The predicted molar refractivity (Wildman–Crippen MR) is 116 cm³/mol. The molecule has 1 spiro atoms. The van der Waals surface area contributed by atoms with Crippen LogP contribution in [0.1, 0.15) is 47.7 Å². The maximum absolute atomic E-state index is 13.1. The monoisotopic (exact) mass is 462 g/mol. The van der Waals surface area contributed by atoms with Crippen molar-refractivity contribution >= 4 is 29.1 Å². The number of halogens is 4. The Balaban J connectivity index is 1.55. The van der Waals surface area contributed by atoms with Gasteiger partial charge in [0.05, 0.1) is 17.0 Å². The number of nitrogens with one attached hydrogen (secondary N) is 1. The summed E-state index contributed by atoms with van der Waals surface area (Å²) in [4.78, 5) is 27.0. The third-order valence-electron chi connectivity index (χ3n) is 6.62. The Kier molecular flexibility index (Phi) is 5.57. The molecule has 1 heterocycles. The highest BCUT2D eigenvalue weighted by molar-refractivity contribution is 6.30. The van der Waals surface area contributed by atoms with Gasteiger partial charge in [0.25, 0.3) is 5.91 Å². The van der Waals surface area contributed by atoms with E-state index in [2.05, 4.69) is 5.32 Å². The number of hydrogen-bond acceptors (Lipinski definition) is 2. The van der Waals surface area contributed by atoms with E-state index in [1.54, 1.807) is 36.2 Å². The molecule has 0 radical (unpaired) electrons. The minimum Gasteiger partial charge on any atom is -0.332 e. The number of carbonyl (C=O) groups excluding carboxylic acids is 2. The quantitative estimate of drug-likeness (QED) is 0.566. The van der Waals surface area contributed by atoms with Crippen molar-refractivity contribution in [2.24, 2.45) is 5.92 Å². The molecule has 2 aromatic carbocycles. The zero-order chi connectivity index (χ0) is 23.3. The molecule has 168 valence electrons. The lowest BCUT2D eigenvalue weighted by atomic mass is 9.75. The molecule has 1 aliphatic heterocycles. The second kappa shape index (κ2) is 7.96. The summed E-state index contributed by atoms with van der Waals surface area (Å²) in [6.07, 6.45) is -1.00. The van der Waals surface area contributed by atoms with Gasteiger partial charge in [-0.1, -0.05) is 29.3 Å². The summed E-state index contributed by atoms with van der Waals surface area (Å²) < 4.78 is 39.4. The standard InChI is InChI=1S/C24H22ClF3N2O2/c1-14(21(31)29-18-6-4-17(25)5-7-18)15-9-11-23(12-10-15)20-8-3-16(24(26,27)28)13-19(20)22(32)30(23)2/h3-9,13-14H,10-12H2,1-2H3,(H,29,31)/t14-,23+/m0/s1. The fourth-order valence-electron chi connectivity index (χ4n) is 4.61. The number of carbonyl (C=O) groups is 2. The summed E-state index contributed by atoms with van der Waals surface area (Å²) in [7, 11) is 1.63. The van der Waals surface area contributed by atoms with Crippen LogP contribution in [-0.2, 0) is 16.5 Å². The molecule has 32 heavy (non-hydrogen) atoms. The average Bonchev–Trinajstić information content (AvgIpc) is 2.96. The van der Waals surface area contributed by atoms with E-state index in [1.165, 1.54) is 6.07 Å². The summed E-state index contributed by atoms with van der Waals surface area (Å²) in [5, 5.41) is 3.45. The van der Waals surface area contributed by atoms with Crippen LogP contribution < -0.4 is 5.32 Å². The lowest BCUT2D eigenvalue weighted by Crippen LogP contribution is -2.42. The fraction of sp³-hybridized carbons (Fsp3) is 0.333. The van der Waals surface area contributed by atoms with Crippen molar-refractivity contribution in [3.05, 3.63) is 75.8 Å². The summed E-state index contributed by atoms with van der Waals surface area (Å²) in [6.45, 7) is 1.82. The lowest BCUT2D eigenvalue weighted by molar-refractivity contribution is -0.137. The molecule has 0 saturated carbocycles. The number of nitrogens with zero attached hydrogens (tertiary/aromatic N) is 1. The van der Waals surface area contributed by atoms with E-state index < -0.39 is 23.2 Å². The van der Waals surface area contributed by atoms with Gasteiger partial charge in [-0.3, -0.25) is 9.59 Å². The lowest BCUT2D eigenvalue weighted by Gasteiger charge is -2.40. The molecule has 0 unspecified atom stereocenters. The molecular weight excluding hydrogens is 441 g/mol. The summed E-state index contributed by atoms with van der Waals surface area (Å²) in [5.74, 6) is -0.936. The molecule has 1 N–H and O–H groups in total. The van der Waals surface area contributed by atoms with Crippen molar-refractivity contribution in [3.63, 3.8) is 0 Å². The maximum atomic E-state index is 13.1. The van der Waals surface area contributed by atoms with Gasteiger partial charge in [-0.05, 0) is 68.1 Å². The summed E-state index contributed by atoms with van der Waals surface area (Å²) in [6, 6.07) is 10.2. The molecule has 1 aliphatic carbocycles. The van der Waals surface area contributed by atoms with E-state index in [0.717, 1.165) is 17.7 Å². The van der Waals surface area contributed by atoms with Crippen molar-refractivity contribution in [1.82, 2.24) is 4.90 Å². The van der Waals surface area contributed by atoms with E-state index in [1.807, 2.05) is 13.0 Å². The van der Waals surface area contributed by atoms with Crippen LogP contribution in [0.4, 0.5) is 18.9 Å². The first-order valence-electron chi connectivity index (χ1n) is 10.3. The van der Waals surface area contributed by atoms with Crippen LogP contribution in [0.5, 0.6) is 0 Å². The van der Waals surface area contributed by atoms with Gasteiger partial charge in [-0.15, -0.1) is 0 Å². The normalized spacial score (nSPS) is 21.4. The largest absolute Gasteiger partial charge is 0.416 e. The molecule has 0 fully saturated rings. The zero-order valence-electron chi connectivity index (χ0n) is 17.6. The highest BCUT2D eigenvalue weighted by Crippen LogP contribution is 2.49. The van der Waals surface area contributed by atoms with Crippen LogP contribution in [0.3, 0.4) is 0 Å². The third kappa shape index (κ3) is 3.79. The van der Waals surface area contributed by atoms with Gasteiger partial charge in [0, 0.05) is 23.3 Å². The fourth-order valence-corrected chi connectivity index (χ4v) is 4.73. The van der Waals surface area contributed by atoms with Crippen LogP contribution >= 0.6 is 11.6 Å². The Bertz CT molecular complexity index is 1110. The van der Waals surface area contributed by atoms with E-state index in [4.69, 9.17) is 11.6 Å². The molecule has 2 aromatic rings. The van der Waals surface area contributed by atoms with Crippen molar-refractivity contribution in [2.45, 2.75) is 37.9 Å². The zero-order valence-corrected chi connectivity index (χ0v) is 18.3. The predicted octanol–water partition coefficient (Wildman–Crippen LogP) is 6.02. The molecule has 4 nitrogen and oxygen atoms in total. The van der Waals surface area contributed by atoms with Gasteiger partial charge < -0.3 is 10.2 Å². The van der Waals surface area contributed by atoms with Gasteiger partial charge >= 0.3 is 6.18 Å². The van der Waals surface area contributed by atoms with Crippen LogP contribution in [0, 0.1) is 5.92 Å². The molecule has 8 heteroatoms. The number of benzene rings is 2. The molecule has 2 atom stereocenters. The van der Waals surface area contributed by atoms with Gasteiger partial charge in [0.1, 0.15) is 0 Å². The third-order valence-corrected chi connectivity index (χ3v) is 6.87. The smallest absolute Gasteiger partial charge is 0.332 e. The highest BCUT2D eigenvalue weighted by Gasteiger charge is 2.49. The Labute approximate surface area is 189 Å². The second-order valence-corrected chi connectivity index (χ2v) is 8.79. The van der Waals surface area contributed by atoms with Crippen LogP contribution in [-0.4, -0.2) is 23.8 Å². The Morgan fingerprint density at radius 2 is 1.88 bits per heavy atom. The molecule has 0 saturated heterocycles. The maximum Gasteiger partial charge on any atom is 0.416 e. The van der Waals surface area contributed by atoms with E-state index in [0.29, 0.717) is 35.5 Å². The number of fused-ring (bicyclic) bond motifs is 2. The Hall–Kier alpha value is -2.80. The number of hydrogen-bond donors (Lipinski definition) is 1. The van der Waals surface area contributed by atoms with E-state index >= 15 is 0 Å². The number of alkyl halides is 3. The van der Waals surface area contributed by atoms with Crippen LogP contribution in [0.25, 0.3) is 0 Å². The Morgan fingerprint density at radius 3 is 2.47 bits per heavy atom. The summed E-state index contributed by atoms with van der Waals surface area (Å²) >= 11 is 5.88. The number of anilines is 1. The van der Waals surface area contributed by atoms with E-state index in [9.17, 15) is 22.8 Å². The average molecular weight is 463 g/mol. The van der Waals surface area contributed by atoms with E-state index in [-0.39, 0.29) is 17.4 Å². The second-order valence-electron chi connectivity index (χ2n) is 8.35. The van der Waals surface area contributed by atoms with Gasteiger partial charge in [0.2, 0.25) is 5.91 Å². The topological polar surface area (TPSA) is 49.4 Å². The first kappa shape index (κ1) is 22.4. The van der Waals surface area contributed by atoms with Gasteiger partial charge in [-0.2, -0.15) is 13.2 Å². The highest BCUT2D eigenvalue weighted by atomic mass is 35.5.